The third-order valence-electron chi connectivity index (χ3n) is 0.866. The summed E-state index contributed by atoms with van der Waals surface area (Å²) in [5.74, 6) is 0.211. The maximum absolute atomic E-state index is 10.6. The van der Waals surface area contributed by atoms with Crippen LogP contribution in [0.3, 0.4) is 0 Å². The first-order valence-electron chi connectivity index (χ1n) is 2.35. The Balaban J connectivity index is 2.70. The van der Waals surface area contributed by atoms with Crippen LogP contribution in [0.1, 0.15) is 0 Å². The van der Waals surface area contributed by atoms with E-state index in [1.54, 1.807) is 0 Å². The number of alkyl halides is 1. The largest absolute Gasteiger partial charge is 0.378 e. The van der Waals surface area contributed by atoms with Gasteiger partial charge in [0.2, 0.25) is 0 Å². The van der Waals surface area contributed by atoms with E-state index in [1.807, 2.05) is 0 Å². The standard InChI is InChI=1S/C4H5ClN2OS/c5-2-1-9-4(6)7-3(2)8/h2H,1H2,(H2,6,7,8). The van der Waals surface area contributed by atoms with Gasteiger partial charge in [-0.2, -0.15) is 4.99 Å². The van der Waals surface area contributed by atoms with Crippen molar-refractivity contribution >= 4 is 34.4 Å². The van der Waals surface area contributed by atoms with Gasteiger partial charge in [0.15, 0.2) is 5.17 Å². The SMILES string of the molecule is NC1=NC(=O)C(Cl)CS1. The number of aliphatic imine (C=N–C) groups is 1. The second-order valence-electron chi connectivity index (χ2n) is 1.57. The summed E-state index contributed by atoms with van der Waals surface area (Å²) in [6, 6.07) is 0. The number of nitrogens with zero attached hydrogens (tertiary/aromatic N) is 1. The van der Waals surface area contributed by atoms with Gasteiger partial charge in [-0.1, -0.05) is 11.8 Å². The molecule has 0 aromatic rings. The molecule has 0 bridgehead atoms. The number of hydrogen-bond donors (Lipinski definition) is 1. The summed E-state index contributed by atoms with van der Waals surface area (Å²) in [6.45, 7) is 0. The van der Waals surface area contributed by atoms with E-state index in [9.17, 15) is 4.79 Å². The van der Waals surface area contributed by atoms with Gasteiger partial charge in [0, 0.05) is 5.75 Å². The molecule has 0 saturated carbocycles. The first-order chi connectivity index (χ1) is 4.20. The Morgan fingerprint density at radius 1 is 1.89 bits per heavy atom. The van der Waals surface area contributed by atoms with Gasteiger partial charge in [-0.15, -0.1) is 11.6 Å². The zero-order valence-corrected chi connectivity index (χ0v) is 6.08. The third-order valence-corrected chi connectivity index (χ3v) is 2.28. The van der Waals surface area contributed by atoms with Crippen molar-refractivity contribution in [3.63, 3.8) is 0 Å². The molecule has 2 N–H and O–H groups in total. The highest BCUT2D eigenvalue weighted by molar-refractivity contribution is 8.14. The average molecular weight is 165 g/mol. The number of thioether (sulfide) groups is 1. The van der Waals surface area contributed by atoms with E-state index in [1.165, 1.54) is 11.8 Å². The molecule has 1 rings (SSSR count). The highest BCUT2D eigenvalue weighted by atomic mass is 35.5. The summed E-state index contributed by atoms with van der Waals surface area (Å²) in [5.41, 5.74) is 5.22. The lowest BCUT2D eigenvalue weighted by Crippen LogP contribution is -2.25. The maximum atomic E-state index is 10.6. The molecule has 0 aliphatic carbocycles. The normalized spacial score (nSPS) is 27.9. The van der Waals surface area contributed by atoms with Crippen molar-refractivity contribution in [1.29, 1.82) is 0 Å². The topological polar surface area (TPSA) is 55.4 Å². The van der Waals surface area contributed by atoms with Crippen LogP contribution in [0.15, 0.2) is 4.99 Å². The molecular weight excluding hydrogens is 160 g/mol. The molecule has 0 spiro atoms. The number of rotatable bonds is 0. The van der Waals surface area contributed by atoms with E-state index < -0.39 is 5.38 Å². The Labute approximate surface area is 61.7 Å². The van der Waals surface area contributed by atoms with Crippen LogP contribution in [0.25, 0.3) is 0 Å². The highest BCUT2D eigenvalue weighted by Gasteiger charge is 2.20. The molecule has 0 fully saturated rings. The molecule has 1 heterocycles. The van der Waals surface area contributed by atoms with Gasteiger partial charge in [-0.3, -0.25) is 4.79 Å². The lowest BCUT2D eigenvalue weighted by Gasteiger charge is -2.09. The van der Waals surface area contributed by atoms with Gasteiger partial charge in [0.05, 0.1) is 0 Å². The number of carbonyl (C=O) groups is 1. The quantitative estimate of drug-likeness (QED) is 0.520. The molecule has 1 atom stereocenters. The summed E-state index contributed by atoms with van der Waals surface area (Å²) >= 11 is 6.80. The molecule has 0 aromatic heterocycles. The number of amides is 1. The average Bonchev–Trinajstić information content (AvgIpc) is 1.80. The fraction of sp³-hybridized carbons (Fsp3) is 0.500. The van der Waals surface area contributed by atoms with Gasteiger partial charge in [0.1, 0.15) is 5.38 Å². The number of nitrogens with two attached hydrogens (primary N) is 1. The molecule has 0 radical (unpaired) electrons. The molecule has 1 aliphatic rings. The Morgan fingerprint density at radius 3 is 3.00 bits per heavy atom. The van der Waals surface area contributed by atoms with Crippen molar-refractivity contribution in [2.45, 2.75) is 5.38 Å². The van der Waals surface area contributed by atoms with E-state index in [2.05, 4.69) is 4.99 Å². The predicted molar refractivity (Wildman–Crippen MR) is 38.7 cm³/mol. The summed E-state index contributed by atoms with van der Waals surface area (Å²) in [6.07, 6.45) is 0. The second kappa shape index (κ2) is 2.58. The van der Waals surface area contributed by atoms with Crippen molar-refractivity contribution in [2.24, 2.45) is 10.7 Å². The smallest absolute Gasteiger partial charge is 0.266 e. The summed E-state index contributed by atoms with van der Waals surface area (Å²) in [4.78, 5) is 14.0. The molecule has 9 heavy (non-hydrogen) atoms. The van der Waals surface area contributed by atoms with E-state index in [4.69, 9.17) is 17.3 Å². The Bertz CT molecular complexity index is 170. The lowest BCUT2D eigenvalue weighted by molar-refractivity contribution is -0.117. The summed E-state index contributed by atoms with van der Waals surface area (Å²) in [7, 11) is 0. The zero-order chi connectivity index (χ0) is 6.85. The Kier molecular flexibility index (Phi) is 1.97. The van der Waals surface area contributed by atoms with Crippen LogP contribution in [0, 0.1) is 0 Å². The van der Waals surface area contributed by atoms with Crippen LogP contribution in [-0.2, 0) is 4.79 Å². The van der Waals surface area contributed by atoms with Gasteiger partial charge in [0.25, 0.3) is 5.91 Å². The molecule has 5 heteroatoms. The fourth-order valence-corrected chi connectivity index (χ4v) is 1.29. The molecule has 0 saturated heterocycles. The maximum Gasteiger partial charge on any atom is 0.266 e. The Morgan fingerprint density at radius 2 is 2.56 bits per heavy atom. The summed E-state index contributed by atoms with van der Waals surface area (Å²) in [5, 5.41) is -0.167. The van der Waals surface area contributed by atoms with Gasteiger partial charge in [-0.25, -0.2) is 0 Å². The number of amidine groups is 1. The van der Waals surface area contributed by atoms with Crippen molar-refractivity contribution in [3.05, 3.63) is 0 Å². The molecule has 1 aliphatic heterocycles. The van der Waals surface area contributed by atoms with Gasteiger partial charge < -0.3 is 5.73 Å². The molecule has 1 unspecified atom stereocenters. The highest BCUT2D eigenvalue weighted by Crippen LogP contribution is 2.14. The van der Waals surface area contributed by atoms with Crippen LogP contribution >= 0.6 is 23.4 Å². The third kappa shape index (κ3) is 1.59. The van der Waals surface area contributed by atoms with Gasteiger partial charge >= 0.3 is 0 Å². The monoisotopic (exact) mass is 164 g/mol. The van der Waals surface area contributed by atoms with E-state index >= 15 is 0 Å². The van der Waals surface area contributed by atoms with Crippen LogP contribution in [0.4, 0.5) is 0 Å². The minimum absolute atomic E-state index is 0.317. The summed E-state index contributed by atoms with van der Waals surface area (Å²) < 4.78 is 0. The molecule has 0 aromatic carbocycles. The van der Waals surface area contributed by atoms with Crippen LogP contribution < -0.4 is 5.73 Å². The first-order valence-corrected chi connectivity index (χ1v) is 3.77. The number of hydrogen-bond acceptors (Lipinski definition) is 3. The lowest BCUT2D eigenvalue weighted by atomic mass is 10.4. The van der Waals surface area contributed by atoms with Crippen molar-refractivity contribution in [3.8, 4) is 0 Å². The minimum Gasteiger partial charge on any atom is -0.378 e. The minimum atomic E-state index is -0.484. The Hall–Kier alpha value is -0.220. The van der Waals surface area contributed by atoms with Crippen LogP contribution in [-0.4, -0.2) is 22.2 Å². The number of carbonyl (C=O) groups excluding carboxylic acids is 1. The second-order valence-corrected chi connectivity index (χ2v) is 3.13. The molecule has 3 nitrogen and oxygen atoms in total. The van der Waals surface area contributed by atoms with Crippen molar-refractivity contribution in [2.75, 3.05) is 5.75 Å². The van der Waals surface area contributed by atoms with Gasteiger partial charge in [-0.05, 0) is 0 Å². The molecular formula is C4H5ClN2OS. The van der Waals surface area contributed by atoms with Crippen LogP contribution in [0.2, 0.25) is 0 Å². The molecule has 1 amide bonds. The van der Waals surface area contributed by atoms with Crippen molar-refractivity contribution in [1.82, 2.24) is 0 Å². The van der Waals surface area contributed by atoms with Crippen molar-refractivity contribution < 1.29 is 4.79 Å². The molecule has 50 valence electrons. The van der Waals surface area contributed by atoms with Crippen LogP contribution in [0.5, 0.6) is 0 Å². The first kappa shape index (κ1) is 6.89. The van der Waals surface area contributed by atoms with E-state index in [0.29, 0.717) is 10.9 Å². The fourth-order valence-electron chi connectivity index (χ4n) is 0.441. The van der Waals surface area contributed by atoms with E-state index in [0.717, 1.165) is 0 Å². The number of halogens is 1. The predicted octanol–water partition coefficient (Wildman–Crippen LogP) is 0.182. The van der Waals surface area contributed by atoms with E-state index in [-0.39, 0.29) is 5.91 Å². The zero-order valence-electron chi connectivity index (χ0n) is 4.50.